The van der Waals surface area contributed by atoms with E-state index in [1.165, 1.54) is 12.3 Å². The van der Waals surface area contributed by atoms with Crippen LogP contribution in [0.5, 0.6) is 5.75 Å². The van der Waals surface area contributed by atoms with Crippen LogP contribution in [-0.2, 0) is 0 Å². The Bertz CT molecular complexity index is 344. The first kappa shape index (κ1) is 11.8. The van der Waals surface area contributed by atoms with E-state index in [-0.39, 0.29) is 17.4 Å². The van der Waals surface area contributed by atoms with Gasteiger partial charge in [0.05, 0.1) is 0 Å². The molecule has 2 N–H and O–H groups in total. The number of aromatic hydroxyl groups is 1. The van der Waals surface area contributed by atoms with E-state index in [9.17, 15) is 9.90 Å². The zero-order valence-corrected chi connectivity index (χ0v) is 9.54. The van der Waals surface area contributed by atoms with Gasteiger partial charge in [0.2, 0.25) is 0 Å². The van der Waals surface area contributed by atoms with Crippen LogP contribution in [0.4, 0.5) is 0 Å². The van der Waals surface area contributed by atoms with E-state index in [1.54, 1.807) is 17.8 Å². The molecule has 0 aromatic carbocycles. The standard InChI is InChI=1S/C10H14N2O2S/c1-7(15-2)6-12-10(14)9-8(13)4-3-5-11-9/h3-5,7,13H,6H2,1-2H3,(H,12,14). The second-order valence-corrected chi connectivity index (χ2v) is 4.40. The van der Waals surface area contributed by atoms with Crippen LogP contribution >= 0.6 is 11.8 Å². The average molecular weight is 226 g/mol. The Balaban J connectivity index is 2.58. The third-order valence-electron chi connectivity index (χ3n) is 1.95. The van der Waals surface area contributed by atoms with Crippen molar-refractivity contribution in [2.75, 3.05) is 12.8 Å². The maximum Gasteiger partial charge on any atom is 0.273 e. The van der Waals surface area contributed by atoms with E-state index >= 15 is 0 Å². The molecule has 1 unspecified atom stereocenters. The van der Waals surface area contributed by atoms with Crippen molar-refractivity contribution < 1.29 is 9.90 Å². The normalized spacial score (nSPS) is 12.1. The maximum atomic E-state index is 11.5. The molecule has 1 atom stereocenters. The van der Waals surface area contributed by atoms with E-state index in [4.69, 9.17) is 0 Å². The number of rotatable bonds is 4. The van der Waals surface area contributed by atoms with Gasteiger partial charge in [0.25, 0.3) is 5.91 Å². The summed E-state index contributed by atoms with van der Waals surface area (Å²) in [5.41, 5.74) is 0.0748. The van der Waals surface area contributed by atoms with Crippen molar-refractivity contribution in [2.45, 2.75) is 12.2 Å². The number of carbonyl (C=O) groups excluding carboxylic acids is 1. The Morgan fingerprint density at radius 2 is 2.47 bits per heavy atom. The van der Waals surface area contributed by atoms with Gasteiger partial charge >= 0.3 is 0 Å². The Kier molecular flexibility index (Phi) is 4.42. The van der Waals surface area contributed by atoms with Gasteiger partial charge in [0, 0.05) is 18.0 Å². The monoisotopic (exact) mass is 226 g/mol. The summed E-state index contributed by atoms with van der Waals surface area (Å²) in [6.45, 7) is 2.58. The van der Waals surface area contributed by atoms with E-state index in [2.05, 4.69) is 10.3 Å². The smallest absolute Gasteiger partial charge is 0.273 e. The molecule has 0 spiro atoms. The zero-order valence-electron chi connectivity index (χ0n) is 8.73. The van der Waals surface area contributed by atoms with Gasteiger partial charge < -0.3 is 10.4 Å². The molecule has 0 bridgehead atoms. The lowest BCUT2D eigenvalue weighted by atomic mass is 10.3. The average Bonchev–Trinajstić information content (AvgIpc) is 2.26. The molecule has 1 heterocycles. The van der Waals surface area contributed by atoms with Gasteiger partial charge in [0.15, 0.2) is 5.69 Å². The van der Waals surface area contributed by atoms with Crippen LogP contribution in [0.1, 0.15) is 17.4 Å². The first-order valence-corrected chi connectivity index (χ1v) is 5.89. The highest BCUT2D eigenvalue weighted by atomic mass is 32.2. The topological polar surface area (TPSA) is 62.2 Å². The number of hydrogen-bond donors (Lipinski definition) is 2. The molecule has 5 heteroatoms. The maximum absolute atomic E-state index is 11.5. The second kappa shape index (κ2) is 5.60. The number of amides is 1. The van der Waals surface area contributed by atoms with Crippen molar-refractivity contribution in [1.29, 1.82) is 0 Å². The van der Waals surface area contributed by atoms with Crippen LogP contribution in [0.25, 0.3) is 0 Å². The molecular weight excluding hydrogens is 212 g/mol. The van der Waals surface area contributed by atoms with Gasteiger partial charge in [-0.2, -0.15) is 11.8 Å². The number of hydrogen-bond acceptors (Lipinski definition) is 4. The Morgan fingerprint density at radius 1 is 1.73 bits per heavy atom. The summed E-state index contributed by atoms with van der Waals surface area (Å²) in [7, 11) is 0. The molecule has 0 radical (unpaired) electrons. The first-order chi connectivity index (χ1) is 7.15. The predicted octanol–water partition coefficient (Wildman–Crippen LogP) is 1.27. The van der Waals surface area contributed by atoms with Crippen LogP contribution in [0.15, 0.2) is 18.3 Å². The summed E-state index contributed by atoms with van der Waals surface area (Å²) < 4.78 is 0. The van der Waals surface area contributed by atoms with Crippen molar-refractivity contribution in [3.8, 4) is 5.75 Å². The van der Waals surface area contributed by atoms with Crippen LogP contribution in [0, 0.1) is 0 Å². The van der Waals surface area contributed by atoms with Crippen molar-refractivity contribution in [2.24, 2.45) is 0 Å². The minimum absolute atomic E-state index is 0.0748. The molecule has 0 aliphatic heterocycles. The number of pyridine rings is 1. The highest BCUT2D eigenvalue weighted by molar-refractivity contribution is 7.99. The third-order valence-corrected chi connectivity index (χ3v) is 2.93. The Hall–Kier alpha value is -1.23. The van der Waals surface area contributed by atoms with Gasteiger partial charge in [-0.1, -0.05) is 6.92 Å². The number of aromatic nitrogens is 1. The molecule has 82 valence electrons. The Labute approximate surface area is 93.1 Å². The summed E-state index contributed by atoms with van der Waals surface area (Å²) in [5.74, 6) is -0.430. The van der Waals surface area contributed by atoms with Gasteiger partial charge in [-0.15, -0.1) is 0 Å². The number of nitrogens with zero attached hydrogens (tertiary/aromatic N) is 1. The second-order valence-electron chi connectivity index (χ2n) is 3.13. The minimum Gasteiger partial charge on any atom is -0.505 e. The summed E-state index contributed by atoms with van der Waals surface area (Å²) in [5, 5.41) is 12.4. The van der Waals surface area contributed by atoms with Crippen molar-refractivity contribution in [3.05, 3.63) is 24.0 Å². The predicted molar refractivity (Wildman–Crippen MR) is 61.2 cm³/mol. The molecule has 1 aromatic heterocycles. The molecule has 4 nitrogen and oxygen atoms in total. The quantitative estimate of drug-likeness (QED) is 0.811. The lowest BCUT2D eigenvalue weighted by Gasteiger charge is -2.09. The van der Waals surface area contributed by atoms with Crippen LogP contribution in [0.3, 0.4) is 0 Å². The lowest BCUT2D eigenvalue weighted by Crippen LogP contribution is -2.29. The molecule has 0 saturated carbocycles. The largest absolute Gasteiger partial charge is 0.505 e. The fourth-order valence-electron chi connectivity index (χ4n) is 0.975. The molecule has 0 aliphatic carbocycles. The molecule has 0 aliphatic rings. The molecule has 1 rings (SSSR count). The highest BCUT2D eigenvalue weighted by Crippen LogP contribution is 2.12. The van der Waals surface area contributed by atoms with E-state index < -0.39 is 0 Å². The first-order valence-electron chi connectivity index (χ1n) is 4.60. The number of nitrogens with one attached hydrogen (secondary N) is 1. The molecule has 15 heavy (non-hydrogen) atoms. The lowest BCUT2D eigenvalue weighted by molar-refractivity contribution is 0.0946. The summed E-state index contributed by atoms with van der Waals surface area (Å²) in [6, 6.07) is 3.02. The number of carbonyl (C=O) groups is 1. The fourth-order valence-corrected chi connectivity index (χ4v) is 1.23. The SMILES string of the molecule is CSC(C)CNC(=O)c1ncccc1O. The van der Waals surface area contributed by atoms with Crippen molar-refractivity contribution in [1.82, 2.24) is 10.3 Å². The molecular formula is C10H14N2O2S. The summed E-state index contributed by atoms with van der Waals surface area (Å²) in [6.07, 6.45) is 3.46. The molecule has 0 saturated heterocycles. The minimum atomic E-state index is -0.339. The van der Waals surface area contributed by atoms with Crippen molar-refractivity contribution >= 4 is 17.7 Å². The number of thioether (sulfide) groups is 1. The molecule has 1 aromatic rings. The third kappa shape index (κ3) is 3.43. The molecule has 0 fully saturated rings. The summed E-state index contributed by atoms with van der Waals surface area (Å²) >= 11 is 1.67. The van der Waals surface area contributed by atoms with Gasteiger partial charge in [0.1, 0.15) is 5.75 Å². The summed E-state index contributed by atoms with van der Waals surface area (Å²) in [4.78, 5) is 15.4. The van der Waals surface area contributed by atoms with Crippen LogP contribution < -0.4 is 5.32 Å². The van der Waals surface area contributed by atoms with E-state index in [1.807, 2.05) is 13.2 Å². The highest BCUT2D eigenvalue weighted by Gasteiger charge is 2.12. The fraction of sp³-hybridized carbons (Fsp3) is 0.400. The molecule has 1 amide bonds. The van der Waals surface area contributed by atoms with Crippen LogP contribution in [0.2, 0.25) is 0 Å². The van der Waals surface area contributed by atoms with Crippen LogP contribution in [-0.4, -0.2) is 34.0 Å². The zero-order chi connectivity index (χ0) is 11.3. The van der Waals surface area contributed by atoms with Gasteiger partial charge in [-0.3, -0.25) is 4.79 Å². The van der Waals surface area contributed by atoms with E-state index in [0.29, 0.717) is 11.8 Å². The Morgan fingerprint density at radius 3 is 3.07 bits per heavy atom. The van der Waals surface area contributed by atoms with Crippen molar-refractivity contribution in [3.63, 3.8) is 0 Å². The van der Waals surface area contributed by atoms with E-state index in [0.717, 1.165) is 0 Å². The van der Waals surface area contributed by atoms with Gasteiger partial charge in [-0.25, -0.2) is 4.98 Å². The van der Waals surface area contributed by atoms with Gasteiger partial charge in [-0.05, 0) is 18.4 Å².